The number of nitrogens with zero attached hydrogens (tertiary/aromatic N) is 3. The number of hydrogen-bond donors (Lipinski definition) is 1. The highest BCUT2D eigenvalue weighted by atomic mass is 15.5. The Morgan fingerprint density at radius 1 is 1.12 bits per heavy atom. The molecule has 0 saturated carbocycles. The van der Waals surface area contributed by atoms with Crippen LogP contribution in [0.5, 0.6) is 0 Å². The van der Waals surface area contributed by atoms with E-state index >= 15 is 0 Å². The van der Waals surface area contributed by atoms with Crippen LogP contribution in [0.25, 0.3) is 11.1 Å². The molecular formula is C12H10N4+. The minimum absolute atomic E-state index is 0.816. The van der Waals surface area contributed by atoms with E-state index in [-0.39, 0.29) is 0 Å². The minimum Gasteiger partial charge on any atom is -0.279 e. The smallest absolute Gasteiger partial charge is 0.279 e. The number of nitrogens with one attached hydrogen (secondary N) is 1. The maximum absolute atomic E-state index is 4.21. The summed E-state index contributed by atoms with van der Waals surface area (Å²) in [5.74, 6) is 0.816. The molecule has 0 atom stereocenters. The fraction of sp³-hybridized carbons (Fsp3) is 0. The number of hydrogen-bond acceptors (Lipinski definition) is 3. The molecule has 1 aromatic carbocycles. The third-order valence-corrected chi connectivity index (χ3v) is 2.43. The Morgan fingerprint density at radius 3 is 2.75 bits per heavy atom. The van der Waals surface area contributed by atoms with E-state index in [1.54, 1.807) is 11.2 Å². The normalized spacial score (nSPS) is 14.8. The number of aromatic nitrogens is 2. The van der Waals surface area contributed by atoms with Crippen LogP contribution in [0.1, 0.15) is 0 Å². The van der Waals surface area contributed by atoms with Crippen molar-refractivity contribution in [2.45, 2.75) is 0 Å². The zero-order valence-electron chi connectivity index (χ0n) is 8.54. The molecule has 0 spiro atoms. The summed E-state index contributed by atoms with van der Waals surface area (Å²) >= 11 is 0. The molecule has 0 bridgehead atoms. The Balaban J connectivity index is 2.06. The molecule has 0 aliphatic carbocycles. The highest BCUT2D eigenvalue weighted by molar-refractivity contribution is 5.78. The summed E-state index contributed by atoms with van der Waals surface area (Å²) in [5.41, 5.74) is 2.17. The van der Waals surface area contributed by atoms with Crippen molar-refractivity contribution in [1.29, 1.82) is 0 Å². The summed E-state index contributed by atoms with van der Waals surface area (Å²) in [6, 6.07) is 10.1. The molecule has 0 unspecified atom stereocenters. The van der Waals surface area contributed by atoms with E-state index in [4.69, 9.17) is 0 Å². The van der Waals surface area contributed by atoms with Gasteiger partial charge >= 0.3 is 5.82 Å². The lowest BCUT2D eigenvalue weighted by atomic mass is 10.1. The number of rotatable bonds is 2. The topological polar surface area (TPSA) is 46.9 Å². The van der Waals surface area contributed by atoms with Crippen LogP contribution < -0.4 is 5.01 Å². The Labute approximate surface area is 92.9 Å². The first-order valence-electron chi connectivity index (χ1n) is 5.04. The molecule has 16 heavy (non-hydrogen) atoms. The highest BCUT2D eigenvalue weighted by Gasteiger charge is 2.26. The number of benzene rings is 1. The summed E-state index contributed by atoms with van der Waals surface area (Å²) in [5, 5.41) is 13.0. The second kappa shape index (κ2) is 3.75. The van der Waals surface area contributed by atoms with Crippen LogP contribution in [0.15, 0.2) is 53.9 Å². The lowest BCUT2D eigenvalue weighted by molar-refractivity contribution is 0.727. The molecule has 0 fully saturated rings. The average molecular weight is 210 g/mol. The van der Waals surface area contributed by atoms with Gasteiger partial charge in [0.15, 0.2) is 6.20 Å². The molecule has 2 aromatic rings. The van der Waals surface area contributed by atoms with Crippen LogP contribution in [0.2, 0.25) is 0 Å². The molecule has 1 N–H and O–H groups in total. The third-order valence-electron chi connectivity index (χ3n) is 2.43. The van der Waals surface area contributed by atoms with Crippen molar-refractivity contribution in [2.24, 2.45) is 5.10 Å². The first-order valence-corrected chi connectivity index (χ1v) is 5.04. The fourth-order valence-electron chi connectivity index (χ4n) is 1.68. The van der Waals surface area contributed by atoms with Crippen molar-refractivity contribution in [3.8, 4) is 11.1 Å². The van der Waals surface area contributed by atoms with Crippen molar-refractivity contribution in [1.82, 2.24) is 15.2 Å². The van der Waals surface area contributed by atoms with Crippen LogP contribution >= 0.6 is 0 Å². The van der Waals surface area contributed by atoms with Gasteiger partial charge in [-0.05, 0) is 10.7 Å². The van der Waals surface area contributed by atoms with E-state index in [1.165, 1.54) is 0 Å². The molecule has 4 nitrogen and oxygen atoms in total. The summed E-state index contributed by atoms with van der Waals surface area (Å²) in [6.07, 6.45) is 7.38. The second-order valence-electron chi connectivity index (χ2n) is 3.44. The number of anilines is 1. The zero-order valence-corrected chi connectivity index (χ0v) is 8.54. The van der Waals surface area contributed by atoms with Gasteiger partial charge in [0.25, 0.3) is 0 Å². The summed E-state index contributed by atoms with van der Waals surface area (Å²) < 4.78 is 0. The molecule has 3 rings (SSSR count). The minimum atomic E-state index is 0.816. The Bertz CT molecular complexity index is 527. The van der Waals surface area contributed by atoms with Gasteiger partial charge < -0.3 is 0 Å². The van der Waals surface area contributed by atoms with E-state index in [2.05, 4.69) is 27.4 Å². The first kappa shape index (κ1) is 9.06. The predicted octanol–water partition coefficient (Wildman–Crippen LogP) is 2.36. The van der Waals surface area contributed by atoms with Gasteiger partial charge in [0.1, 0.15) is 0 Å². The second-order valence-corrected chi connectivity index (χ2v) is 3.44. The van der Waals surface area contributed by atoms with E-state index in [1.807, 2.05) is 36.7 Å². The molecule has 1 aliphatic rings. The van der Waals surface area contributed by atoms with Gasteiger partial charge in [0.05, 0.1) is 16.8 Å². The van der Waals surface area contributed by atoms with Gasteiger partial charge in [-0.15, -0.1) is 5.10 Å². The van der Waals surface area contributed by atoms with Crippen molar-refractivity contribution < 1.29 is 0 Å². The Kier molecular flexibility index (Phi) is 2.12. The monoisotopic (exact) mass is 210 g/mol. The van der Waals surface area contributed by atoms with Crippen LogP contribution in [0.3, 0.4) is 0 Å². The van der Waals surface area contributed by atoms with Gasteiger partial charge in [-0.25, -0.2) is 0 Å². The summed E-state index contributed by atoms with van der Waals surface area (Å²) in [7, 11) is 0. The number of aromatic amines is 1. The number of H-pyrrole nitrogens is 1. The lowest BCUT2D eigenvalue weighted by Gasteiger charge is -1.97. The van der Waals surface area contributed by atoms with Crippen LogP contribution in [0.4, 0.5) is 5.82 Å². The van der Waals surface area contributed by atoms with E-state index in [9.17, 15) is 0 Å². The number of allylic oxidation sites excluding steroid dienone is 1. The van der Waals surface area contributed by atoms with Crippen molar-refractivity contribution >= 4 is 12.0 Å². The molecule has 77 valence electrons. The van der Waals surface area contributed by atoms with E-state index in [0.29, 0.717) is 0 Å². The fourth-order valence-corrected chi connectivity index (χ4v) is 1.68. The van der Waals surface area contributed by atoms with Crippen LogP contribution in [-0.4, -0.2) is 16.4 Å². The van der Waals surface area contributed by atoms with Crippen molar-refractivity contribution in [2.75, 3.05) is 0 Å². The van der Waals surface area contributed by atoms with E-state index < -0.39 is 0 Å². The third kappa shape index (κ3) is 1.45. The summed E-state index contributed by atoms with van der Waals surface area (Å²) in [6.45, 7) is 0. The molecule has 2 heterocycles. The molecule has 4 heteroatoms. The zero-order chi connectivity index (χ0) is 10.8. The van der Waals surface area contributed by atoms with Gasteiger partial charge in [-0.1, -0.05) is 30.3 Å². The van der Waals surface area contributed by atoms with Crippen LogP contribution in [0, 0.1) is 0 Å². The van der Waals surface area contributed by atoms with Gasteiger partial charge in [-0.3, -0.25) is 5.10 Å². The number of hydrazone groups is 1. The molecule has 0 amide bonds. The molecule has 1 radical (unpaired) electrons. The summed E-state index contributed by atoms with van der Waals surface area (Å²) in [4.78, 5) is 0. The quantitative estimate of drug-likeness (QED) is 0.760. The lowest BCUT2D eigenvalue weighted by Crippen LogP contribution is -2.06. The standard InChI is InChI=1S/C12H10N4/c1-2-5-10(6-3-1)11-9-13-15-12(11)16-8-4-7-14-16/h1-9H,(H,13,15)/q+1. The Morgan fingerprint density at radius 2 is 2.00 bits per heavy atom. The van der Waals surface area contributed by atoms with Crippen molar-refractivity contribution in [3.05, 3.63) is 48.8 Å². The maximum atomic E-state index is 4.21. The van der Waals surface area contributed by atoms with Gasteiger partial charge in [0.2, 0.25) is 0 Å². The molecular weight excluding hydrogens is 200 g/mol. The van der Waals surface area contributed by atoms with Crippen LogP contribution in [-0.2, 0) is 0 Å². The maximum Gasteiger partial charge on any atom is 0.338 e. The van der Waals surface area contributed by atoms with Crippen molar-refractivity contribution in [3.63, 3.8) is 0 Å². The van der Waals surface area contributed by atoms with Gasteiger partial charge in [-0.2, -0.15) is 0 Å². The molecule has 0 saturated heterocycles. The largest absolute Gasteiger partial charge is 0.338 e. The SMILES string of the molecule is C1=C[N+](c2n[nH]cc2-c2ccccc2)N=C1. The highest BCUT2D eigenvalue weighted by Crippen LogP contribution is 2.29. The molecule has 1 aliphatic heterocycles. The Hall–Kier alpha value is -2.20. The van der Waals surface area contributed by atoms with Gasteiger partial charge in [0, 0.05) is 12.3 Å². The first-order chi connectivity index (χ1) is 7.95. The van der Waals surface area contributed by atoms with E-state index in [0.717, 1.165) is 16.9 Å². The average Bonchev–Trinajstić information content (AvgIpc) is 3.01. The predicted molar refractivity (Wildman–Crippen MR) is 63.4 cm³/mol. The molecule has 1 aromatic heterocycles.